The first-order chi connectivity index (χ1) is 18.5. The molecular weight excluding hydrogens is 508 g/mol. The van der Waals surface area contributed by atoms with Gasteiger partial charge >= 0.3 is 11.9 Å². The predicted octanol–water partition coefficient (Wildman–Crippen LogP) is 1.13. The molecule has 4 atom stereocenters. The van der Waals surface area contributed by atoms with Gasteiger partial charge in [0.25, 0.3) is 0 Å². The van der Waals surface area contributed by atoms with Crippen molar-refractivity contribution in [1.29, 1.82) is 0 Å². The van der Waals surface area contributed by atoms with Crippen molar-refractivity contribution in [2.45, 2.75) is 74.7 Å². The van der Waals surface area contributed by atoms with E-state index in [4.69, 9.17) is 29.4 Å². The fourth-order valence-corrected chi connectivity index (χ4v) is 6.70. The molecule has 11 nitrogen and oxygen atoms in total. The Labute approximate surface area is 227 Å². The van der Waals surface area contributed by atoms with Crippen molar-refractivity contribution in [2.24, 2.45) is 5.73 Å². The number of nitrogens with two attached hydrogens (primary N) is 1. The van der Waals surface area contributed by atoms with Crippen molar-refractivity contribution in [3.05, 3.63) is 35.1 Å². The normalized spacial score (nSPS) is 27.0. The van der Waals surface area contributed by atoms with Gasteiger partial charge in [-0.25, -0.2) is 4.79 Å². The van der Waals surface area contributed by atoms with Crippen LogP contribution in [0.3, 0.4) is 0 Å². The molecule has 0 amide bonds. The maximum atomic E-state index is 13.8. The van der Waals surface area contributed by atoms with Gasteiger partial charge in [0.1, 0.15) is 12.4 Å². The minimum absolute atomic E-state index is 0.0566. The lowest BCUT2D eigenvalue weighted by molar-refractivity contribution is -0.183. The lowest BCUT2D eigenvalue weighted by Gasteiger charge is -2.40. The van der Waals surface area contributed by atoms with E-state index < -0.39 is 47.6 Å². The average Bonchev–Trinajstić information content (AvgIpc) is 3.55. The van der Waals surface area contributed by atoms with Crippen LogP contribution in [0.2, 0.25) is 0 Å². The monoisotopic (exact) mass is 546 g/mol. The molecule has 1 aliphatic carbocycles. The van der Waals surface area contributed by atoms with Crippen LogP contribution in [0.1, 0.15) is 56.6 Å². The number of hydrogen-bond donors (Lipinski definition) is 3. The fraction of sp³-hybridized carbons (Fsp3) is 0.643. The highest BCUT2D eigenvalue weighted by Crippen LogP contribution is 2.55. The number of methoxy groups -OCH3 is 1. The molecule has 0 aromatic heterocycles. The highest BCUT2D eigenvalue weighted by atomic mass is 16.7. The molecule has 1 saturated heterocycles. The first-order valence-electron chi connectivity index (χ1n) is 13.5. The number of carbonyl (C=O) groups is 2. The summed E-state index contributed by atoms with van der Waals surface area (Å²) in [6.07, 6.45) is 2.64. The van der Waals surface area contributed by atoms with Gasteiger partial charge < -0.3 is 39.6 Å². The number of rotatable bonds is 9. The Morgan fingerprint density at radius 3 is 2.64 bits per heavy atom. The third-order valence-corrected chi connectivity index (χ3v) is 8.12. The molecule has 0 bridgehead atoms. The predicted molar refractivity (Wildman–Crippen MR) is 138 cm³/mol. The Balaban J connectivity index is 1.52. The number of ether oxygens (including phenoxy) is 5. The van der Waals surface area contributed by atoms with E-state index in [9.17, 15) is 19.8 Å². The second-order valence-corrected chi connectivity index (χ2v) is 11.5. The summed E-state index contributed by atoms with van der Waals surface area (Å²) in [6, 6.07) is 3.96. The van der Waals surface area contributed by atoms with Crippen LogP contribution in [-0.4, -0.2) is 90.0 Å². The van der Waals surface area contributed by atoms with Gasteiger partial charge in [-0.15, -0.1) is 0 Å². The largest absolute Gasteiger partial charge is 0.497 e. The van der Waals surface area contributed by atoms with E-state index in [2.05, 4.69) is 4.90 Å². The van der Waals surface area contributed by atoms with Crippen LogP contribution < -0.4 is 15.2 Å². The van der Waals surface area contributed by atoms with Crippen LogP contribution in [0.4, 0.5) is 0 Å². The Morgan fingerprint density at radius 1 is 1.21 bits per heavy atom. The third-order valence-electron chi connectivity index (χ3n) is 8.12. The lowest BCUT2D eigenvalue weighted by atomic mass is 9.77. The lowest BCUT2D eigenvalue weighted by Crippen LogP contribution is -2.51. The van der Waals surface area contributed by atoms with Gasteiger partial charge in [0, 0.05) is 19.5 Å². The van der Waals surface area contributed by atoms with E-state index in [1.807, 2.05) is 18.2 Å². The molecule has 2 unspecified atom stereocenters. The Morgan fingerprint density at radius 2 is 1.95 bits per heavy atom. The maximum Gasteiger partial charge on any atom is 0.339 e. The van der Waals surface area contributed by atoms with E-state index in [1.165, 1.54) is 21.0 Å². The van der Waals surface area contributed by atoms with Gasteiger partial charge in [-0.1, -0.05) is 0 Å². The van der Waals surface area contributed by atoms with Crippen LogP contribution in [-0.2, 0) is 30.2 Å². The summed E-state index contributed by atoms with van der Waals surface area (Å²) in [6.45, 7) is 4.78. The summed E-state index contributed by atoms with van der Waals surface area (Å²) in [5, 5.41) is 22.0. The highest BCUT2D eigenvalue weighted by molar-refractivity contribution is 5.86. The quantitative estimate of drug-likeness (QED) is 0.383. The molecule has 39 heavy (non-hydrogen) atoms. The number of hydrogen-bond acceptors (Lipinski definition) is 11. The van der Waals surface area contributed by atoms with Gasteiger partial charge in [-0.2, -0.15) is 0 Å². The number of nitrogens with zero attached hydrogens (tertiary/aromatic N) is 1. The molecule has 0 radical (unpaired) electrons. The zero-order valence-electron chi connectivity index (χ0n) is 22.7. The van der Waals surface area contributed by atoms with Crippen molar-refractivity contribution < 1.29 is 43.5 Å². The van der Waals surface area contributed by atoms with Crippen molar-refractivity contribution in [1.82, 2.24) is 4.90 Å². The van der Waals surface area contributed by atoms with E-state index in [0.717, 1.165) is 43.5 Å². The van der Waals surface area contributed by atoms with E-state index in [0.29, 0.717) is 17.3 Å². The highest BCUT2D eigenvalue weighted by Gasteiger charge is 2.59. The Bertz CT molecular complexity index is 1160. The SMILES string of the molecule is COC1=CC23CCCN2CCc2cc4c(cc2[C@@H]3C1OC(=O)[C@](O)(CC(=O)OCCN)CC(C)(C)O)OCO4. The molecule has 214 valence electrons. The van der Waals surface area contributed by atoms with E-state index >= 15 is 0 Å². The minimum atomic E-state index is -2.34. The van der Waals surface area contributed by atoms with Crippen LogP contribution in [0.25, 0.3) is 0 Å². The van der Waals surface area contributed by atoms with Gasteiger partial charge in [0.15, 0.2) is 23.2 Å². The molecule has 4 N–H and O–H groups in total. The van der Waals surface area contributed by atoms with Gasteiger partial charge in [-0.05, 0) is 69.0 Å². The van der Waals surface area contributed by atoms with Gasteiger partial charge in [-0.3, -0.25) is 9.69 Å². The second kappa shape index (κ2) is 10.3. The number of esters is 2. The number of carbonyl (C=O) groups excluding carboxylic acids is 2. The summed E-state index contributed by atoms with van der Waals surface area (Å²) < 4.78 is 28.2. The molecule has 1 fully saturated rings. The zero-order valence-corrected chi connectivity index (χ0v) is 22.7. The van der Waals surface area contributed by atoms with E-state index in [-0.39, 0.29) is 25.9 Å². The van der Waals surface area contributed by atoms with Crippen molar-refractivity contribution >= 4 is 11.9 Å². The summed E-state index contributed by atoms with van der Waals surface area (Å²) >= 11 is 0. The standard InChI is InChI=1S/C28H38N2O9/c1-26(2,33)15-28(34,14-22(31)36-10-7-29)25(32)39-24-21(35-3)13-27-6-4-8-30(27)9-5-17-11-19-20(38-16-37-19)12-18(17)23(24)27/h11-13,23-24,33-34H,4-10,14-16,29H2,1-3H3/t23-,24?,27?,28+/m1/s1. The molecule has 1 spiro atoms. The fourth-order valence-electron chi connectivity index (χ4n) is 6.70. The second-order valence-electron chi connectivity index (χ2n) is 11.5. The number of aliphatic hydroxyl groups is 2. The summed E-state index contributed by atoms with van der Waals surface area (Å²) in [7, 11) is 1.53. The minimum Gasteiger partial charge on any atom is -0.497 e. The Kier molecular flexibility index (Phi) is 7.30. The molecule has 11 heteroatoms. The molecular formula is C28H38N2O9. The van der Waals surface area contributed by atoms with E-state index in [1.54, 1.807) is 0 Å². The summed E-state index contributed by atoms with van der Waals surface area (Å²) in [4.78, 5) is 28.6. The molecule has 1 aromatic rings. The molecule has 5 rings (SSSR count). The average molecular weight is 547 g/mol. The van der Waals surface area contributed by atoms with Crippen LogP contribution in [0, 0.1) is 0 Å². The number of fused-ring (bicyclic) bond motifs is 3. The van der Waals surface area contributed by atoms with Crippen molar-refractivity contribution in [2.75, 3.05) is 40.1 Å². The molecule has 3 heterocycles. The topological polar surface area (TPSA) is 150 Å². The number of benzene rings is 1. The molecule has 3 aliphatic heterocycles. The first-order valence-corrected chi connectivity index (χ1v) is 13.5. The van der Waals surface area contributed by atoms with Crippen molar-refractivity contribution in [3.8, 4) is 11.5 Å². The summed E-state index contributed by atoms with van der Waals surface area (Å²) in [5.41, 5.74) is 3.19. The third kappa shape index (κ3) is 5.08. The molecule has 0 saturated carbocycles. The zero-order chi connectivity index (χ0) is 28.0. The van der Waals surface area contributed by atoms with Crippen molar-refractivity contribution in [3.63, 3.8) is 0 Å². The smallest absolute Gasteiger partial charge is 0.339 e. The molecule has 1 aromatic carbocycles. The van der Waals surface area contributed by atoms with Gasteiger partial charge in [0.05, 0.1) is 30.6 Å². The maximum absolute atomic E-state index is 13.8. The molecule has 4 aliphatic rings. The van der Waals surface area contributed by atoms with Crippen LogP contribution in [0.5, 0.6) is 11.5 Å². The van der Waals surface area contributed by atoms with Crippen LogP contribution in [0.15, 0.2) is 24.0 Å². The van der Waals surface area contributed by atoms with Gasteiger partial charge in [0.2, 0.25) is 6.79 Å². The summed E-state index contributed by atoms with van der Waals surface area (Å²) in [5.74, 6) is -0.401. The Hall–Kier alpha value is -2.86. The van der Waals surface area contributed by atoms with Crippen LogP contribution >= 0.6 is 0 Å². The first kappa shape index (κ1) is 27.7.